The SMILES string of the molecule is CCOC(=O)COc1c2ccccc2c(OCC(=O)OCC)c2c(Br)cccc12. The van der Waals surface area contributed by atoms with Crippen LogP contribution in [-0.2, 0) is 19.1 Å². The molecule has 7 heteroatoms. The first-order chi connectivity index (χ1) is 14.1. The second-order valence-electron chi connectivity index (χ2n) is 6.05. The third-order valence-electron chi connectivity index (χ3n) is 4.18. The first-order valence-electron chi connectivity index (χ1n) is 9.26. The summed E-state index contributed by atoms with van der Waals surface area (Å²) in [5, 5.41) is 3.02. The lowest BCUT2D eigenvalue weighted by atomic mass is 10.0. The van der Waals surface area contributed by atoms with E-state index in [9.17, 15) is 9.59 Å². The number of hydrogen-bond acceptors (Lipinski definition) is 6. The number of rotatable bonds is 8. The molecule has 0 bridgehead atoms. The summed E-state index contributed by atoms with van der Waals surface area (Å²) < 4.78 is 22.5. The van der Waals surface area contributed by atoms with Gasteiger partial charge in [-0.15, -0.1) is 0 Å². The summed E-state index contributed by atoms with van der Waals surface area (Å²) in [4.78, 5) is 23.7. The van der Waals surface area contributed by atoms with E-state index < -0.39 is 11.9 Å². The highest BCUT2D eigenvalue weighted by atomic mass is 79.9. The Morgan fingerprint density at radius 1 is 0.759 bits per heavy atom. The average Bonchev–Trinajstić information content (AvgIpc) is 2.71. The smallest absolute Gasteiger partial charge is 0.344 e. The minimum Gasteiger partial charge on any atom is -0.481 e. The maximum Gasteiger partial charge on any atom is 0.344 e. The van der Waals surface area contributed by atoms with Gasteiger partial charge in [0.05, 0.1) is 13.2 Å². The average molecular weight is 461 g/mol. The second kappa shape index (κ2) is 9.60. The van der Waals surface area contributed by atoms with Gasteiger partial charge < -0.3 is 18.9 Å². The van der Waals surface area contributed by atoms with E-state index in [0.29, 0.717) is 11.5 Å². The second-order valence-corrected chi connectivity index (χ2v) is 6.91. The van der Waals surface area contributed by atoms with Gasteiger partial charge in [-0.25, -0.2) is 9.59 Å². The molecule has 29 heavy (non-hydrogen) atoms. The number of ether oxygens (including phenoxy) is 4. The van der Waals surface area contributed by atoms with Crippen molar-refractivity contribution in [2.45, 2.75) is 13.8 Å². The molecule has 6 nitrogen and oxygen atoms in total. The minimum absolute atomic E-state index is 0.206. The monoisotopic (exact) mass is 460 g/mol. The fraction of sp³-hybridized carbons (Fsp3) is 0.273. The van der Waals surface area contributed by atoms with E-state index in [1.807, 2.05) is 42.5 Å². The molecule has 0 atom stereocenters. The van der Waals surface area contributed by atoms with Gasteiger partial charge in [-0.1, -0.05) is 52.3 Å². The van der Waals surface area contributed by atoms with Gasteiger partial charge in [0.2, 0.25) is 0 Å². The lowest BCUT2D eigenvalue weighted by Gasteiger charge is -2.18. The van der Waals surface area contributed by atoms with E-state index in [4.69, 9.17) is 18.9 Å². The molecule has 3 aromatic carbocycles. The Morgan fingerprint density at radius 3 is 1.86 bits per heavy atom. The van der Waals surface area contributed by atoms with Gasteiger partial charge in [0.15, 0.2) is 13.2 Å². The molecule has 0 aliphatic heterocycles. The van der Waals surface area contributed by atoms with Gasteiger partial charge >= 0.3 is 11.9 Å². The van der Waals surface area contributed by atoms with Crippen LogP contribution >= 0.6 is 15.9 Å². The van der Waals surface area contributed by atoms with Crippen molar-refractivity contribution < 1.29 is 28.5 Å². The van der Waals surface area contributed by atoms with Gasteiger partial charge in [-0.2, -0.15) is 0 Å². The summed E-state index contributed by atoms with van der Waals surface area (Å²) in [5.41, 5.74) is 0. The summed E-state index contributed by atoms with van der Waals surface area (Å²) in [5.74, 6) is 0.204. The molecular formula is C22H21BrO6. The largest absolute Gasteiger partial charge is 0.481 e. The van der Waals surface area contributed by atoms with Gasteiger partial charge in [0.1, 0.15) is 11.5 Å². The Hall–Kier alpha value is -2.80. The zero-order valence-corrected chi connectivity index (χ0v) is 17.8. The van der Waals surface area contributed by atoms with E-state index in [1.54, 1.807) is 13.8 Å². The van der Waals surface area contributed by atoms with Crippen molar-refractivity contribution in [2.75, 3.05) is 26.4 Å². The molecule has 3 aromatic rings. The van der Waals surface area contributed by atoms with Crippen LogP contribution in [0.15, 0.2) is 46.9 Å². The molecule has 0 heterocycles. The zero-order chi connectivity index (χ0) is 20.8. The Kier molecular flexibility index (Phi) is 6.93. The number of esters is 2. The highest BCUT2D eigenvalue weighted by Gasteiger charge is 2.19. The van der Waals surface area contributed by atoms with Gasteiger partial charge in [-0.3, -0.25) is 0 Å². The van der Waals surface area contributed by atoms with Crippen LogP contribution in [0.3, 0.4) is 0 Å². The summed E-state index contributed by atoms with van der Waals surface area (Å²) in [6, 6.07) is 13.1. The normalized spacial score (nSPS) is 10.7. The van der Waals surface area contributed by atoms with Gasteiger partial charge in [-0.05, 0) is 19.9 Å². The summed E-state index contributed by atoms with van der Waals surface area (Å²) in [6.45, 7) is 3.65. The highest BCUT2D eigenvalue weighted by molar-refractivity contribution is 9.10. The van der Waals surface area contributed by atoms with Crippen molar-refractivity contribution >= 4 is 49.4 Å². The number of carbonyl (C=O) groups excluding carboxylic acids is 2. The first kappa shape index (κ1) is 20.9. The summed E-state index contributed by atoms with van der Waals surface area (Å²) in [6.07, 6.45) is 0. The van der Waals surface area contributed by atoms with E-state index in [0.717, 1.165) is 26.0 Å². The predicted octanol–water partition coefficient (Wildman–Crippen LogP) is 4.64. The fourth-order valence-electron chi connectivity index (χ4n) is 3.08. The molecule has 0 aromatic heterocycles. The fourth-order valence-corrected chi connectivity index (χ4v) is 3.62. The molecule has 0 saturated heterocycles. The van der Waals surface area contributed by atoms with Crippen molar-refractivity contribution in [3.05, 3.63) is 46.9 Å². The quantitative estimate of drug-likeness (QED) is 0.360. The van der Waals surface area contributed by atoms with Crippen molar-refractivity contribution in [3.8, 4) is 11.5 Å². The number of halogens is 1. The Morgan fingerprint density at radius 2 is 1.28 bits per heavy atom. The van der Waals surface area contributed by atoms with Crippen LogP contribution < -0.4 is 9.47 Å². The van der Waals surface area contributed by atoms with Crippen molar-refractivity contribution in [2.24, 2.45) is 0 Å². The number of carbonyl (C=O) groups is 2. The van der Waals surface area contributed by atoms with Crippen LogP contribution in [0.2, 0.25) is 0 Å². The lowest BCUT2D eigenvalue weighted by molar-refractivity contribution is -0.146. The van der Waals surface area contributed by atoms with Crippen molar-refractivity contribution in [1.82, 2.24) is 0 Å². The zero-order valence-electron chi connectivity index (χ0n) is 16.2. The molecule has 152 valence electrons. The van der Waals surface area contributed by atoms with Crippen LogP contribution in [0, 0.1) is 0 Å². The number of hydrogen-bond donors (Lipinski definition) is 0. The van der Waals surface area contributed by atoms with Crippen LogP contribution in [0.4, 0.5) is 0 Å². The Labute approximate surface area is 176 Å². The molecular weight excluding hydrogens is 440 g/mol. The van der Waals surface area contributed by atoms with E-state index in [-0.39, 0.29) is 26.4 Å². The standard InChI is InChI=1S/C22H21BrO6/c1-3-26-18(24)12-28-21-14-8-5-6-9-15(14)22(29-13-19(25)27-4-2)20-16(21)10-7-11-17(20)23/h5-11H,3-4,12-13H2,1-2H3. The molecule has 0 N–H and O–H groups in total. The maximum absolute atomic E-state index is 11.8. The lowest BCUT2D eigenvalue weighted by Crippen LogP contribution is -2.16. The van der Waals surface area contributed by atoms with Crippen LogP contribution in [0.5, 0.6) is 11.5 Å². The van der Waals surface area contributed by atoms with Crippen LogP contribution in [0.1, 0.15) is 13.8 Å². The summed E-state index contributed by atoms with van der Waals surface area (Å²) >= 11 is 3.57. The third kappa shape index (κ3) is 4.62. The predicted molar refractivity (Wildman–Crippen MR) is 113 cm³/mol. The van der Waals surface area contributed by atoms with E-state index >= 15 is 0 Å². The van der Waals surface area contributed by atoms with Crippen molar-refractivity contribution in [3.63, 3.8) is 0 Å². The molecule has 0 amide bonds. The maximum atomic E-state index is 11.8. The number of benzene rings is 3. The van der Waals surface area contributed by atoms with E-state index in [1.165, 1.54) is 0 Å². The van der Waals surface area contributed by atoms with Gasteiger partial charge in [0, 0.05) is 26.0 Å². The number of fused-ring (bicyclic) bond motifs is 2. The molecule has 0 unspecified atom stereocenters. The van der Waals surface area contributed by atoms with Gasteiger partial charge in [0.25, 0.3) is 0 Å². The van der Waals surface area contributed by atoms with Crippen LogP contribution in [-0.4, -0.2) is 38.4 Å². The Balaban J connectivity index is 2.14. The minimum atomic E-state index is -0.445. The topological polar surface area (TPSA) is 71.1 Å². The molecule has 0 aliphatic rings. The molecule has 0 radical (unpaired) electrons. The molecule has 3 rings (SSSR count). The van der Waals surface area contributed by atoms with Crippen molar-refractivity contribution in [1.29, 1.82) is 0 Å². The molecule has 0 aliphatic carbocycles. The molecule has 0 spiro atoms. The van der Waals surface area contributed by atoms with Crippen LogP contribution in [0.25, 0.3) is 21.5 Å². The van der Waals surface area contributed by atoms with E-state index in [2.05, 4.69) is 15.9 Å². The molecule has 0 fully saturated rings. The Bertz CT molecular complexity index is 1050. The highest BCUT2D eigenvalue weighted by Crippen LogP contribution is 2.45. The third-order valence-corrected chi connectivity index (χ3v) is 4.84. The molecule has 0 saturated carbocycles. The summed E-state index contributed by atoms with van der Waals surface area (Å²) in [7, 11) is 0. The first-order valence-corrected chi connectivity index (χ1v) is 10.1.